The van der Waals surface area contributed by atoms with Gasteiger partial charge in [0, 0.05) is 43.1 Å². The molecule has 2 aromatic heterocycles. The Morgan fingerprint density at radius 1 is 1.00 bits per heavy atom. The van der Waals surface area contributed by atoms with Gasteiger partial charge >= 0.3 is 0 Å². The summed E-state index contributed by atoms with van der Waals surface area (Å²) in [5, 5.41) is 3.29. The summed E-state index contributed by atoms with van der Waals surface area (Å²) >= 11 is 1.74. The van der Waals surface area contributed by atoms with Gasteiger partial charge in [0.15, 0.2) is 5.13 Å². The average Bonchev–Trinajstić information content (AvgIpc) is 3.58. The number of imidazole rings is 1. The number of hydrogen-bond donors (Lipinski definition) is 0. The van der Waals surface area contributed by atoms with Crippen molar-refractivity contribution in [3.8, 4) is 11.4 Å². The van der Waals surface area contributed by atoms with Crippen molar-refractivity contribution < 1.29 is 4.74 Å². The lowest BCUT2D eigenvalue weighted by molar-refractivity contribution is 0.219. The van der Waals surface area contributed by atoms with E-state index in [2.05, 4.69) is 62.6 Å². The largest absolute Gasteiger partial charge is 0.497 e. The number of aromatic nitrogens is 3. The van der Waals surface area contributed by atoms with Gasteiger partial charge in [-0.3, -0.25) is 4.90 Å². The number of piperidine rings is 1. The summed E-state index contributed by atoms with van der Waals surface area (Å²) in [7, 11) is 1.71. The molecule has 0 saturated carbocycles. The van der Waals surface area contributed by atoms with Crippen LogP contribution in [-0.2, 0) is 19.6 Å². The molecule has 1 saturated heterocycles. The zero-order valence-corrected chi connectivity index (χ0v) is 20.5. The van der Waals surface area contributed by atoms with Gasteiger partial charge in [-0.2, -0.15) is 0 Å². The van der Waals surface area contributed by atoms with Crippen molar-refractivity contribution in [2.24, 2.45) is 0 Å². The van der Waals surface area contributed by atoms with Crippen molar-refractivity contribution in [3.63, 3.8) is 0 Å². The minimum atomic E-state index is 0.775. The molecule has 3 heterocycles. The molecule has 2 aromatic carbocycles. The second kappa shape index (κ2) is 10.8. The topological polar surface area (TPSA) is 46.4 Å². The molecule has 5 rings (SSSR count). The van der Waals surface area contributed by atoms with E-state index in [1.165, 1.54) is 49.2 Å². The Labute approximate surface area is 205 Å². The molecule has 0 radical (unpaired) electrons. The van der Waals surface area contributed by atoms with E-state index in [0.717, 1.165) is 36.2 Å². The third-order valence-electron chi connectivity index (χ3n) is 6.26. The van der Waals surface area contributed by atoms with E-state index < -0.39 is 0 Å². The first-order valence-corrected chi connectivity index (χ1v) is 12.8. The van der Waals surface area contributed by atoms with Crippen molar-refractivity contribution >= 4 is 16.5 Å². The Kier molecular flexibility index (Phi) is 7.22. The third-order valence-corrected chi connectivity index (χ3v) is 7.21. The number of anilines is 1. The minimum Gasteiger partial charge on any atom is -0.497 e. The number of nitrogens with zero attached hydrogens (tertiary/aromatic N) is 5. The summed E-state index contributed by atoms with van der Waals surface area (Å²) in [6, 6.07) is 17.0. The average molecular weight is 474 g/mol. The molecule has 1 aliphatic rings. The van der Waals surface area contributed by atoms with Crippen LogP contribution < -0.4 is 9.64 Å². The van der Waals surface area contributed by atoms with Gasteiger partial charge in [-0.05, 0) is 61.3 Å². The first-order chi connectivity index (χ1) is 16.8. The van der Waals surface area contributed by atoms with Crippen LogP contribution in [0.25, 0.3) is 5.69 Å². The van der Waals surface area contributed by atoms with Crippen LogP contribution in [0.15, 0.2) is 72.6 Å². The van der Waals surface area contributed by atoms with E-state index in [1.807, 2.05) is 23.2 Å². The Hall–Kier alpha value is -3.16. The summed E-state index contributed by atoms with van der Waals surface area (Å²) in [6.45, 7) is 4.88. The Balaban J connectivity index is 1.35. The summed E-state index contributed by atoms with van der Waals surface area (Å²) in [5.41, 5.74) is 4.74. The number of methoxy groups -OCH3 is 1. The van der Waals surface area contributed by atoms with Crippen molar-refractivity contribution in [3.05, 3.63) is 89.5 Å². The number of thiazole rings is 1. The summed E-state index contributed by atoms with van der Waals surface area (Å²) in [4.78, 5) is 14.1. The second-order valence-corrected chi connectivity index (χ2v) is 9.64. The quantitative estimate of drug-likeness (QED) is 0.320. The normalized spacial score (nSPS) is 14.3. The molecule has 0 bridgehead atoms. The van der Waals surface area contributed by atoms with Crippen LogP contribution in [0.1, 0.15) is 36.1 Å². The molecule has 1 fully saturated rings. The lowest BCUT2D eigenvalue weighted by Gasteiger charge is -2.25. The predicted octanol–water partition coefficient (Wildman–Crippen LogP) is 5.53. The van der Waals surface area contributed by atoms with Crippen molar-refractivity contribution in [2.45, 2.75) is 38.9 Å². The molecule has 7 heteroatoms. The molecule has 0 aliphatic carbocycles. The molecule has 0 atom stereocenters. The van der Waals surface area contributed by atoms with Crippen LogP contribution >= 0.6 is 11.3 Å². The van der Waals surface area contributed by atoms with Gasteiger partial charge in [0.2, 0.25) is 0 Å². The Morgan fingerprint density at radius 2 is 1.82 bits per heavy atom. The molecule has 1 aliphatic heterocycles. The highest BCUT2D eigenvalue weighted by molar-refractivity contribution is 7.13. The van der Waals surface area contributed by atoms with E-state index in [-0.39, 0.29) is 0 Å². The van der Waals surface area contributed by atoms with E-state index in [4.69, 9.17) is 9.72 Å². The molecular formula is C27H31N5OS. The maximum absolute atomic E-state index is 5.45. The number of ether oxygens (including phenoxy) is 1. The van der Waals surface area contributed by atoms with Gasteiger partial charge < -0.3 is 14.2 Å². The Morgan fingerprint density at radius 3 is 2.59 bits per heavy atom. The maximum Gasteiger partial charge on any atom is 0.186 e. The van der Waals surface area contributed by atoms with Crippen LogP contribution in [0.4, 0.5) is 5.13 Å². The van der Waals surface area contributed by atoms with Gasteiger partial charge in [-0.15, -0.1) is 11.3 Å². The van der Waals surface area contributed by atoms with E-state index in [9.17, 15) is 0 Å². The highest BCUT2D eigenvalue weighted by Gasteiger charge is 2.16. The molecule has 4 aromatic rings. The monoisotopic (exact) mass is 473 g/mol. The van der Waals surface area contributed by atoms with E-state index >= 15 is 0 Å². The molecule has 0 N–H and O–H groups in total. The van der Waals surface area contributed by atoms with Crippen LogP contribution in [0.2, 0.25) is 0 Å². The highest BCUT2D eigenvalue weighted by Crippen LogP contribution is 2.27. The zero-order valence-electron chi connectivity index (χ0n) is 19.6. The summed E-state index contributed by atoms with van der Waals surface area (Å²) < 4.78 is 7.47. The summed E-state index contributed by atoms with van der Waals surface area (Å²) in [5.74, 6) is 0.882. The fourth-order valence-electron chi connectivity index (χ4n) is 4.45. The molecule has 176 valence electrons. The van der Waals surface area contributed by atoms with Crippen LogP contribution in [-0.4, -0.2) is 39.6 Å². The fourth-order valence-corrected chi connectivity index (χ4v) is 5.27. The molecule has 0 spiro atoms. The lowest BCUT2D eigenvalue weighted by atomic mass is 10.1. The van der Waals surface area contributed by atoms with Gasteiger partial charge in [0.1, 0.15) is 5.75 Å². The standard InChI is InChI=1S/C27H31N5OS/c1-33-26-7-5-6-23(16-26)18-32(17-22-8-10-25(11-9-22)31-15-12-28-21-31)27-29-24(20-34-27)19-30-13-3-2-4-14-30/h5-12,15-16,20-21H,2-4,13-14,17-19H2,1H3. The predicted molar refractivity (Wildman–Crippen MR) is 138 cm³/mol. The van der Waals surface area contributed by atoms with Crippen LogP contribution in [0.5, 0.6) is 5.75 Å². The van der Waals surface area contributed by atoms with Gasteiger partial charge in [-0.25, -0.2) is 9.97 Å². The van der Waals surface area contributed by atoms with Crippen LogP contribution in [0.3, 0.4) is 0 Å². The highest BCUT2D eigenvalue weighted by atomic mass is 32.1. The summed E-state index contributed by atoms with van der Waals surface area (Å²) in [6.07, 6.45) is 9.54. The Bertz CT molecular complexity index is 1170. The molecule has 0 amide bonds. The smallest absolute Gasteiger partial charge is 0.186 e. The molecular weight excluding hydrogens is 442 g/mol. The number of likely N-dealkylation sites (tertiary alicyclic amines) is 1. The SMILES string of the molecule is COc1cccc(CN(Cc2ccc(-n3ccnc3)cc2)c2nc(CN3CCCCC3)cs2)c1. The maximum atomic E-state index is 5.45. The second-order valence-electron chi connectivity index (χ2n) is 8.80. The minimum absolute atomic E-state index is 0.775. The van der Waals surface area contributed by atoms with E-state index in [0.29, 0.717) is 0 Å². The molecule has 6 nitrogen and oxygen atoms in total. The van der Waals surface area contributed by atoms with E-state index in [1.54, 1.807) is 24.6 Å². The fraction of sp³-hybridized carbons (Fsp3) is 0.333. The van der Waals surface area contributed by atoms with Crippen molar-refractivity contribution in [1.82, 2.24) is 19.4 Å². The van der Waals surface area contributed by atoms with Gasteiger partial charge in [0.25, 0.3) is 0 Å². The van der Waals surface area contributed by atoms with Gasteiger partial charge in [0.05, 0.1) is 19.1 Å². The molecule has 34 heavy (non-hydrogen) atoms. The first-order valence-electron chi connectivity index (χ1n) is 11.9. The zero-order chi connectivity index (χ0) is 23.2. The third kappa shape index (κ3) is 5.66. The first kappa shape index (κ1) is 22.6. The van der Waals surface area contributed by atoms with Crippen LogP contribution in [0, 0.1) is 0 Å². The van der Waals surface area contributed by atoms with Crippen molar-refractivity contribution in [1.29, 1.82) is 0 Å². The van der Waals surface area contributed by atoms with Crippen molar-refractivity contribution in [2.75, 3.05) is 25.1 Å². The van der Waals surface area contributed by atoms with Gasteiger partial charge in [-0.1, -0.05) is 30.7 Å². The lowest BCUT2D eigenvalue weighted by Crippen LogP contribution is -2.29. The number of hydrogen-bond acceptors (Lipinski definition) is 6. The number of rotatable bonds is 9. The number of benzene rings is 2. The molecule has 0 unspecified atom stereocenters.